The first kappa shape index (κ1) is 14.2. The van der Waals surface area contributed by atoms with Crippen molar-refractivity contribution in [3.63, 3.8) is 0 Å². The lowest BCUT2D eigenvalue weighted by Crippen LogP contribution is -2.37. The lowest BCUT2D eigenvalue weighted by atomic mass is 10.1. The van der Waals surface area contributed by atoms with Crippen LogP contribution in [0.2, 0.25) is 0 Å². The Morgan fingerprint density at radius 1 is 1.33 bits per heavy atom. The van der Waals surface area contributed by atoms with Gasteiger partial charge >= 0.3 is 6.09 Å². The summed E-state index contributed by atoms with van der Waals surface area (Å²) in [4.78, 5) is 22.1. The zero-order valence-electron chi connectivity index (χ0n) is 10.7. The van der Waals surface area contributed by atoms with Crippen molar-refractivity contribution in [1.82, 2.24) is 5.32 Å². The number of hydrogen-bond acceptors (Lipinski definition) is 3. The minimum absolute atomic E-state index is 0.194. The first-order valence-electron chi connectivity index (χ1n) is 5.96. The SMILES string of the molecule is CC(C)C[C@@H]([C]=O)NC(=O)OCc1ccccc1. The second kappa shape index (κ2) is 7.48. The molecule has 1 atom stereocenters. The van der Waals surface area contributed by atoms with E-state index in [9.17, 15) is 9.59 Å². The van der Waals surface area contributed by atoms with Gasteiger partial charge in [0.1, 0.15) is 6.61 Å². The number of carbonyl (C=O) groups excluding carboxylic acids is 2. The molecular weight excluding hydrogens is 230 g/mol. The Bertz CT molecular complexity index is 376. The van der Waals surface area contributed by atoms with Crippen LogP contribution in [0.25, 0.3) is 0 Å². The third kappa shape index (κ3) is 5.48. The van der Waals surface area contributed by atoms with Crippen LogP contribution < -0.4 is 5.32 Å². The highest BCUT2D eigenvalue weighted by molar-refractivity contribution is 5.73. The highest BCUT2D eigenvalue weighted by atomic mass is 16.5. The minimum atomic E-state index is -0.603. The van der Waals surface area contributed by atoms with E-state index in [2.05, 4.69) is 5.32 Å². The Balaban J connectivity index is 2.34. The van der Waals surface area contributed by atoms with Crippen molar-refractivity contribution in [2.75, 3.05) is 0 Å². The number of ether oxygens (including phenoxy) is 1. The first-order valence-corrected chi connectivity index (χ1v) is 5.96. The Morgan fingerprint density at radius 3 is 2.56 bits per heavy atom. The van der Waals surface area contributed by atoms with Crippen LogP contribution in [0.5, 0.6) is 0 Å². The first-order chi connectivity index (χ1) is 8.61. The van der Waals surface area contributed by atoms with Gasteiger partial charge in [-0.15, -0.1) is 0 Å². The maximum absolute atomic E-state index is 11.5. The Morgan fingerprint density at radius 2 is 2.00 bits per heavy atom. The van der Waals surface area contributed by atoms with Crippen molar-refractivity contribution in [3.8, 4) is 0 Å². The van der Waals surface area contributed by atoms with Gasteiger partial charge in [0.05, 0.1) is 6.04 Å². The fraction of sp³-hybridized carbons (Fsp3) is 0.429. The molecule has 0 bridgehead atoms. The van der Waals surface area contributed by atoms with Gasteiger partial charge in [0, 0.05) is 0 Å². The zero-order valence-corrected chi connectivity index (χ0v) is 10.7. The molecule has 0 fully saturated rings. The largest absolute Gasteiger partial charge is 0.445 e. The molecule has 1 N–H and O–H groups in total. The maximum Gasteiger partial charge on any atom is 0.408 e. The Kier molecular flexibility index (Phi) is 5.91. The summed E-state index contributed by atoms with van der Waals surface area (Å²) >= 11 is 0. The van der Waals surface area contributed by atoms with E-state index in [1.165, 1.54) is 0 Å². The van der Waals surface area contributed by atoms with E-state index in [0.717, 1.165) is 5.56 Å². The molecule has 1 aromatic carbocycles. The average molecular weight is 248 g/mol. The molecule has 0 saturated carbocycles. The van der Waals surface area contributed by atoms with Crippen LogP contribution in [-0.2, 0) is 16.1 Å². The normalized spacial score (nSPS) is 11.9. The van der Waals surface area contributed by atoms with E-state index < -0.39 is 12.1 Å². The number of nitrogens with one attached hydrogen (secondary N) is 1. The molecule has 4 heteroatoms. The fourth-order valence-electron chi connectivity index (χ4n) is 1.51. The zero-order chi connectivity index (χ0) is 13.4. The average Bonchev–Trinajstić information content (AvgIpc) is 2.36. The summed E-state index contributed by atoms with van der Waals surface area (Å²) in [6.45, 7) is 4.14. The third-order valence-corrected chi connectivity index (χ3v) is 2.35. The highest BCUT2D eigenvalue weighted by Crippen LogP contribution is 2.04. The molecule has 1 radical (unpaired) electrons. The van der Waals surface area contributed by atoms with Gasteiger partial charge in [0.2, 0.25) is 6.29 Å². The van der Waals surface area contributed by atoms with E-state index in [1.807, 2.05) is 44.2 Å². The van der Waals surface area contributed by atoms with Gasteiger partial charge in [-0.05, 0) is 17.9 Å². The van der Waals surface area contributed by atoms with Crippen molar-refractivity contribution < 1.29 is 14.3 Å². The highest BCUT2D eigenvalue weighted by Gasteiger charge is 2.14. The van der Waals surface area contributed by atoms with Gasteiger partial charge in [-0.25, -0.2) is 4.79 Å². The van der Waals surface area contributed by atoms with Crippen LogP contribution >= 0.6 is 0 Å². The second-order valence-corrected chi connectivity index (χ2v) is 4.51. The van der Waals surface area contributed by atoms with Crippen LogP contribution in [-0.4, -0.2) is 18.4 Å². The standard InChI is InChI=1S/C14H18NO3/c1-11(2)8-13(9-16)15-14(17)18-10-12-6-4-3-5-7-12/h3-7,11,13H,8,10H2,1-2H3,(H,15,17)/t13-/m0/s1. The molecule has 1 amide bonds. The molecule has 1 rings (SSSR count). The molecule has 0 heterocycles. The number of amides is 1. The van der Waals surface area contributed by atoms with Crippen LogP contribution in [0.15, 0.2) is 30.3 Å². The summed E-state index contributed by atoms with van der Waals surface area (Å²) in [7, 11) is 0. The van der Waals surface area contributed by atoms with Crippen molar-refractivity contribution in [2.45, 2.75) is 32.9 Å². The third-order valence-electron chi connectivity index (χ3n) is 2.35. The monoisotopic (exact) mass is 248 g/mol. The fourth-order valence-corrected chi connectivity index (χ4v) is 1.51. The molecule has 0 spiro atoms. The molecule has 4 nitrogen and oxygen atoms in total. The molecular formula is C14H18NO3. The smallest absolute Gasteiger partial charge is 0.408 e. The van der Waals surface area contributed by atoms with E-state index in [-0.39, 0.29) is 6.61 Å². The van der Waals surface area contributed by atoms with Crippen molar-refractivity contribution in [2.24, 2.45) is 5.92 Å². The van der Waals surface area contributed by atoms with Gasteiger partial charge in [0.25, 0.3) is 0 Å². The summed E-state index contributed by atoms with van der Waals surface area (Å²) < 4.78 is 5.01. The number of carbonyl (C=O) groups is 1. The summed E-state index contributed by atoms with van der Waals surface area (Å²) in [5, 5.41) is 2.48. The lowest BCUT2D eigenvalue weighted by molar-refractivity contribution is 0.137. The number of hydrogen-bond donors (Lipinski definition) is 1. The molecule has 0 saturated heterocycles. The number of rotatable bonds is 6. The minimum Gasteiger partial charge on any atom is -0.445 e. The van der Waals surface area contributed by atoms with Gasteiger partial charge in [-0.3, -0.25) is 4.79 Å². The van der Waals surface area contributed by atoms with Crippen LogP contribution in [0.1, 0.15) is 25.8 Å². The number of benzene rings is 1. The number of alkyl carbamates (subject to hydrolysis) is 1. The van der Waals surface area contributed by atoms with Crippen LogP contribution in [0.3, 0.4) is 0 Å². The molecule has 0 unspecified atom stereocenters. The van der Waals surface area contributed by atoms with E-state index >= 15 is 0 Å². The predicted octanol–water partition coefficient (Wildman–Crippen LogP) is 2.44. The van der Waals surface area contributed by atoms with Crippen LogP contribution in [0, 0.1) is 5.92 Å². The van der Waals surface area contributed by atoms with Crippen molar-refractivity contribution >= 4 is 12.4 Å². The molecule has 0 aliphatic rings. The van der Waals surface area contributed by atoms with Gasteiger partial charge in [0.15, 0.2) is 0 Å². The molecule has 0 aromatic heterocycles. The Labute approximate surface area is 107 Å². The molecule has 1 aromatic rings. The predicted molar refractivity (Wildman–Crippen MR) is 68.7 cm³/mol. The van der Waals surface area contributed by atoms with E-state index in [0.29, 0.717) is 12.3 Å². The summed E-state index contributed by atoms with van der Waals surface area (Å²) in [6, 6.07) is 8.77. The van der Waals surface area contributed by atoms with Gasteiger partial charge in [-0.1, -0.05) is 44.2 Å². The van der Waals surface area contributed by atoms with E-state index in [1.54, 1.807) is 6.29 Å². The van der Waals surface area contributed by atoms with Crippen molar-refractivity contribution in [1.29, 1.82) is 0 Å². The topological polar surface area (TPSA) is 55.4 Å². The van der Waals surface area contributed by atoms with Crippen molar-refractivity contribution in [3.05, 3.63) is 35.9 Å². The molecule has 18 heavy (non-hydrogen) atoms. The molecule has 0 aliphatic heterocycles. The quantitative estimate of drug-likeness (QED) is 0.841. The second-order valence-electron chi connectivity index (χ2n) is 4.51. The molecule has 97 valence electrons. The summed E-state index contributed by atoms with van der Waals surface area (Å²) in [5.41, 5.74) is 0.906. The summed E-state index contributed by atoms with van der Waals surface area (Å²) in [5.74, 6) is 0.311. The van der Waals surface area contributed by atoms with Gasteiger partial charge in [-0.2, -0.15) is 0 Å². The summed E-state index contributed by atoms with van der Waals surface area (Å²) in [6.07, 6.45) is 1.77. The van der Waals surface area contributed by atoms with E-state index in [4.69, 9.17) is 4.74 Å². The lowest BCUT2D eigenvalue weighted by Gasteiger charge is -2.14. The Hall–Kier alpha value is -1.84. The maximum atomic E-state index is 11.5. The van der Waals surface area contributed by atoms with Gasteiger partial charge < -0.3 is 10.1 Å². The van der Waals surface area contributed by atoms with Crippen LogP contribution in [0.4, 0.5) is 4.79 Å². The molecule has 0 aliphatic carbocycles.